The first-order valence-corrected chi connectivity index (χ1v) is 6.17. The lowest BCUT2D eigenvalue weighted by atomic mass is 10.1. The van der Waals surface area contributed by atoms with Gasteiger partial charge in [0.05, 0.1) is 18.3 Å². The number of hydrogen-bond donors (Lipinski definition) is 1. The van der Waals surface area contributed by atoms with Crippen molar-refractivity contribution in [3.05, 3.63) is 17.0 Å². The molecule has 1 aromatic heterocycles. The predicted molar refractivity (Wildman–Crippen MR) is 64.8 cm³/mol. The van der Waals surface area contributed by atoms with Crippen LogP contribution in [0.15, 0.2) is 0 Å². The van der Waals surface area contributed by atoms with E-state index >= 15 is 0 Å². The Balaban J connectivity index is 2.07. The first kappa shape index (κ1) is 13.0. The lowest BCUT2D eigenvalue weighted by Crippen LogP contribution is -2.32. The molecule has 0 radical (unpaired) electrons. The fourth-order valence-corrected chi connectivity index (χ4v) is 2.25. The number of rotatable bonds is 3. The number of aliphatic hydroxyl groups excluding tert-OH is 1. The molecule has 0 saturated carbocycles. The number of β-amino-alcohol motifs (C(OH)–C–C–N with tert-alkyl or cyclic N) is 1. The summed E-state index contributed by atoms with van der Waals surface area (Å²) >= 11 is 0. The third kappa shape index (κ3) is 2.39. The lowest BCUT2D eigenvalue weighted by molar-refractivity contribution is -0.169. The van der Waals surface area contributed by atoms with Crippen LogP contribution in [0.4, 0.5) is 0 Å². The minimum Gasteiger partial charge on any atom is -0.389 e. The van der Waals surface area contributed by atoms with E-state index in [2.05, 4.69) is 12.0 Å². The molecule has 1 atom stereocenters. The highest BCUT2D eigenvalue weighted by Crippen LogP contribution is 2.14. The normalized spacial score (nSPS) is 19.6. The number of carbonyl (C=O) groups is 1. The van der Waals surface area contributed by atoms with Gasteiger partial charge >= 0.3 is 0 Å². The molecule has 2 heterocycles. The SMILES string of the molecule is CCc1c(C)nn(CC(=O)N2CC(O)CO2)c1C. The Morgan fingerprint density at radius 2 is 2.28 bits per heavy atom. The molecule has 2 rings (SSSR count). The van der Waals surface area contributed by atoms with Crippen molar-refractivity contribution in [1.82, 2.24) is 14.8 Å². The zero-order valence-electron chi connectivity index (χ0n) is 11.0. The van der Waals surface area contributed by atoms with Gasteiger partial charge < -0.3 is 5.11 Å². The van der Waals surface area contributed by atoms with Crippen LogP contribution in [0.3, 0.4) is 0 Å². The zero-order chi connectivity index (χ0) is 13.3. The van der Waals surface area contributed by atoms with E-state index in [0.29, 0.717) is 0 Å². The molecule has 1 aliphatic rings. The average molecular weight is 253 g/mol. The van der Waals surface area contributed by atoms with Gasteiger partial charge in [0.15, 0.2) is 0 Å². The summed E-state index contributed by atoms with van der Waals surface area (Å²) in [4.78, 5) is 17.0. The van der Waals surface area contributed by atoms with Gasteiger partial charge in [0.1, 0.15) is 13.2 Å². The molecule has 1 fully saturated rings. The van der Waals surface area contributed by atoms with E-state index in [9.17, 15) is 9.90 Å². The van der Waals surface area contributed by atoms with Crippen LogP contribution in [-0.4, -0.2) is 45.1 Å². The summed E-state index contributed by atoms with van der Waals surface area (Å²) in [5.74, 6) is -0.181. The van der Waals surface area contributed by atoms with Crippen molar-refractivity contribution < 1.29 is 14.7 Å². The summed E-state index contributed by atoms with van der Waals surface area (Å²) in [6.45, 7) is 6.55. The summed E-state index contributed by atoms with van der Waals surface area (Å²) in [6, 6.07) is 0. The monoisotopic (exact) mass is 253 g/mol. The summed E-state index contributed by atoms with van der Waals surface area (Å²) < 4.78 is 1.70. The average Bonchev–Trinajstić information content (AvgIpc) is 2.85. The highest BCUT2D eigenvalue weighted by molar-refractivity contribution is 5.75. The molecule has 0 bridgehead atoms. The van der Waals surface area contributed by atoms with Crippen molar-refractivity contribution in [2.24, 2.45) is 0 Å². The summed E-state index contributed by atoms with van der Waals surface area (Å²) in [5.41, 5.74) is 3.17. The molecule has 0 aromatic carbocycles. The fourth-order valence-electron chi connectivity index (χ4n) is 2.25. The van der Waals surface area contributed by atoms with E-state index in [4.69, 9.17) is 4.84 Å². The van der Waals surface area contributed by atoms with E-state index in [-0.39, 0.29) is 25.6 Å². The molecular formula is C12H19N3O3. The molecule has 0 aliphatic carbocycles. The van der Waals surface area contributed by atoms with Crippen molar-refractivity contribution in [3.63, 3.8) is 0 Å². The smallest absolute Gasteiger partial charge is 0.267 e. The molecular weight excluding hydrogens is 234 g/mol. The van der Waals surface area contributed by atoms with Crippen LogP contribution < -0.4 is 0 Å². The second kappa shape index (κ2) is 5.07. The maximum absolute atomic E-state index is 12.0. The molecule has 1 N–H and O–H groups in total. The van der Waals surface area contributed by atoms with Gasteiger partial charge in [0.2, 0.25) is 0 Å². The Bertz CT molecular complexity index is 456. The Kier molecular flexibility index (Phi) is 3.68. The van der Waals surface area contributed by atoms with E-state index in [1.807, 2.05) is 13.8 Å². The number of nitrogens with zero attached hydrogens (tertiary/aromatic N) is 3. The standard InChI is InChI=1S/C12H19N3O3/c1-4-11-8(2)13-14(9(11)3)6-12(17)15-5-10(16)7-18-15/h10,16H,4-7H2,1-3H3. The third-order valence-corrected chi connectivity index (χ3v) is 3.25. The predicted octanol–water partition coefficient (Wildman–Crippen LogP) is 0.197. The summed E-state index contributed by atoms with van der Waals surface area (Å²) in [7, 11) is 0. The molecule has 1 aromatic rings. The highest BCUT2D eigenvalue weighted by atomic mass is 16.7. The van der Waals surface area contributed by atoms with Crippen molar-refractivity contribution in [1.29, 1.82) is 0 Å². The largest absolute Gasteiger partial charge is 0.389 e. The lowest BCUT2D eigenvalue weighted by Gasteiger charge is -2.14. The number of aliphatic hydroxyl groups is 1. The van der Waals surface area contributed by atoms with Crippen LogP contribution in [-0.2, 0) is 22.6 Å². The molecule has 1 saturated heterocycles. The summed E-state index contributed by atoms with van der Waals surface area (Å²) in [6.07, 6.45) is 0.325. The Morgan fingerprint density at radius 3 is 2.78 bits per heavy atom. The first-order valence-electron chi connectivity index (χ1n) is 6.17. The van der Waals surface area contributed by atoms with Crippen molar-refractivity contribution >= 4 is 5.91 Å². The van der Waals surface area contributed by atoms with Crippen LogP contribution in [0.1, 0.15) is 23.9 Å². The summed E-state index contributed by atoms with van der Waals surface area (Å²) in [5, 5.41) is 14.9. The Hall–Kier alpha value is -1.40. The Labute approximate surface area is 106 Å². The zero-order valence-corrected chi connectivity index (χ0v) is 11.0. The van der Waals surface area contributed by atoms with Crippen LogP contribution in [0.25, 0.3) is 0 Å². The van der Waals surface area contributed by atoms with Gasteiger partial charge in [0.25, 0.3) is 5.91 Å². The van der Waals surface area contributed by atoms with Crippen LogP contribution in [0.5, 0.6) is 0 Å². The molecule has 1 aliphatic heterocycles. The van der Waals surface area contributed by atoms with Crippen molar-refractivity contribution in [2.45, 2.75) is 39.8 Å². The number of aryl methyl sites for hydroxylation is 1. The van der Waals surface area contributed by atoms with Crippen molar-refractivity contribution in [2.75, 3.05) is 13.2 Å². The third-order valence-electron chi connectivity index (χ3n) is 3.25. The van der Waals surface area contributed by atoms with Gasteiger partial charge in [-0.25, -0.2) is 5.06 Å². The second-order valence-electron chi connectivity index (χ2n) is 4.56. The number of carbonyl (C=O) groups excluding carboxylic acids is 1. The van der Waals surface area contributed by atoms with Crippen LogP contribution in [0, 0.1) is 13.8 Å². The quantitative estimate of drug-likeness (QED) is 0.835. The van der Waals surface area contributed by atoms with E-state index < -0.39 is 6.10 Å². The van der Waals surface area contributed by atoms with E-state index in [0.717, 1.165) is 17.8 Å². The topological polar surface area (TPSA) is 67.6 Å². The number of hydroxylamine groups is 2. The molecule has 100 valence electrons. The number of aromatic nitrogens is 2. The van der Waals surface area contributed by atoms with E-state index in [1.165, 1.54) is 10.6 Å². The van der Waals surface area contributed by atoms with E-state index in [1.54, 1.807) is 4.68 Å². The van der Waals surface area contributed by atoms with Gasteiger partial charge in [-0.15, -0.1) is 0 Å². The minimum atomic E-state index is -0.583. The van der Waals surface area contributed by atoms with Gasteiger partial charge in [-0.3, -0.25) is 14.3 Å². The van der Waals surface area contributed by atoms with Crippen LogP contribution >= 0.6 is 0 Å². The molecule has 1 amide bonds. The number of hydrogen-bond acceptors (Lipinski definition) is 4. The van der Waals surface area contributed by atoms with Crippen molar-refractivity contribution in [3.8, 4) is 0 Å². The highest BCUT2D eigenvalue weighted by Gasteiger charge is 2.26. The van der Waals surface area contributed by atoms with Gasteiger partial charge in [0, 0.05) is 5.69 Å². The molecule has 1 unspecified atom stereocenters. The maximum Gasteiger partial charge on any atom is 0.267 e. The van der Waals surface area contributed by atoms with Crippen LogP contribution in [0.2, 0.25) is 0 Å². The second-order valence-corrected chi connectivity index (χ2v) is 4.56. The van der Waals surface area contributed by atoms with Gasteiger partial charge in [-0.2, -0.15) is 5.10 Å². The first-order chi connectivity index (χ1) is 8.52. The maximum atomic E-state index is 12.0. The molecule has 18 heavy (non-hydrogen) atoms. The van der Waals surface area contributed by atoms with Gasteiger partial charge in [-0.05, 0) is 25.8 Å². The fraction of sp³-hybridized carbons (Fsp3) is 0.667. The number of amides is 1. The Morgan fingerprint density at radius 1 is 1.56 bits per heavy atom. The molecule has 0 spiro atoms. The molecule has 6 heteroatoms. The van der Waals surface area contributed by atoms with Gasteiger partial charge in [-0.1, -0.05) is 6.92 Å². The molecule has 6 nitrogen and oxygen atoms in total. The minimum absolute atomic E-state index is 0.152.